The van der Waals surface area contributed by atoms with Crippen molar-refractivity contribution in [1.82, 2.24) is 4.90 Å². The maximum Gasteiger partial charge on any atom is 0.0877 e. The highest BCUT2D eigenvalue weighted by Gasteiger charge is 2.20. The number of morpholine rings is 1. The lowest BCUT2D eigenvalue weighted by Crippen LogP contribution is -2.46. The van der Waals surface area contributed by atoms with Gasteiger partial charge in [-0.15, -0.1) is 0 Å². The summed E-state index contributed by atoms with van der Waals surface area (Å²) in [5.41, 5.74) is 1.28. The molecule has 94 valence electrons. The fraction of sp³-hybridized carbons (Fsp3) is 0.538. The van der Waals surface area contributed by atoms with E-state index in [1.165, 1.54) is 5.69 Å². The third-order valence-corrected chi connectivity index (χ3v) is 3.43. The summed E-state index contributed by atoms with van der Waals surface area (Å²) < 4.78 is 6.90. The van der Waals surface area contributed by atoms with Crippen LogP contribution in [0.2, 0.25) is 0 Å². The summed E-state index contributed by atoms with van der Waals surface area (Å²) in [5.74, 6) is 0. The molecule has 0 radical (unpaired) electrons. The molecule has 2 rings (SSSR count). The van der Waals surface area contributed by atoms with Crippen LogP contribution in [0.3, 0.4) is 0 Å². The van der Waals surface area contributed by atoms with Crippen molar-refractivity contribution in [3.8, 4) is 0 Å². The normalized spacial score (nSPS) is 20.9. The van der Waals surface area contributed by atoms with Crippen LogP contribution in [-0.4, -0.2) is 51.3 Å². The van der Waals surface area contributed by atoms with Crippen molar-refractivity contribution in [3.63, 3.8) is 0 Å². The van der Waals surface area contributed by atoms with Crippen LogP contribution < -0.4 is 4.90 Å². The number of likely N-dealkylation sites (N-methyl/N-ethyl adjacent to an activating group) is 1. The molecule has 1 heterocycles. The third-order valence-electron chi connectivity index (χ3n) is 2.90. The molecule has 17 heavy (non-hydrogen) atoms. The molecule has 1 atom stereocenters. The lowest BCUT2D eigenvalue weighted by molar-refractivity contribution is 0.0248. The van der Waals surface area contributed by atoms with Crippen LogP contribution in [0.15, 0.2) is 28.7 Å². The zero-order chi connectivity index (χ0) is 12.3. The van der Waals surface area contributed by atoms with E-state index < -0.39 is 0 Å². The van der Waals surface area contributed by atoms with Gasteiger partial charge in [0.2, 0.25) is 0 Å². The molecule has 3 nitrogen and oxygen atoms in total. The third kappa shape index (κ3) is 3.69. The second-order valence-electron chi connectivity index (χ2n) is 4.68. The fourth-order valence-electron chi connectivity index (χ4n) is 2.12. The Morgan fingerprint density at radius 3 is 2.71 bits per heavy atom. The molecule has 0 amide bonds. The van der Waals surface area contributed by atoms with Crippen LogP contribution in [0, 0.1) is 0 Å². The van der Waals surface area contributed by atoms with Gasteiger partial charge in [0.05, 0.1) is 12.7 Å². The number of nitrogens with zero attached hydrogens (tertiary/aromatic N) is 2. The van der Waals surface area contributed by atoms with E-state index in [0.29, 0.717) is 6.10 Å². The SMILES string of the molecule is CN(C)CC1CN(c2ccc(Br)cc2)CCO1. The number of hydrogen-bond acceptors (Lipinski definition) is 3. The predicted octanol–water partition coefficient (Wildman–Crippen LogP) is 2.22. The number of benzene rings is 1. The Morgan fingerprint density at radius 1 is 1.35 bits per heavy atom. The molecule has 0 aliphatic carbocycles. The van der Waals surface area contributed by atoms with E-state index in [1.807, 2.05) is 0 Å². The molecule has 0 N–H and O–H groups in total. The highest BCUT2D eigenvalue weighted by Crippen LogP contribution is 2.20. The van der Waals surface area contributed by atoms with Gasteiger partial charge in [0.15, 0.2) is 0 Å². The molecule has 0 spiro atoms. The van der Waals surface area contributed by atoms with Crippen LogP contribution >= 0.6 is 15.9 Å². The number of halogens is 1. The Morgan fingerprint density at radius 2 is 2.06 bits per heavy atom. The maximum atomic E-state index is 5.77. The van der Waals surface area contributed by atoms with Crippen molar-refractivity contribution >= 4 is 21.6 Å². The summed E-state index contributed by atoms with van der Waals surface area (Å²) in [6, 6.07) is 8.49. The monoisotopic (exact) mass is 298 g/mol. The van der Waals surface area contributed by atoms with Gasteiger partial charge in [0.1, 0.15) is 0 Å². The second kappa shape index (κ2) is 5.85. The van der Waals surface area contributed by atoms with Crippen molar-refractivity contribution in [2.45, 2.75) is 6.10 Å². The van der Waals surface area contributed by atoms with Gasteiger partial charge in [-0.2, -0.15) is 0 Å². The van der Waals surface area contributed by atoms with Crippen molar-refractivity contribution in [3.05, 3.63) is 28.7 Å². The lowest BCUT2D eigenvalue weighted by atomic mass is 10.2. The summed E-state index contributed by atoms with van der Waals surface area (Å²) in [5, 5.41) is 0. The number of hydrogen-bond donors (Lipinski definition) is 0. The highest BCUT2D eigenvalue weighted by atomic mass is 79.9. The fourth-order valence-corrected chi connectivity index (χ4v) is 2.39. The largest absolute Gasteiger partial charge is 0.373 e. The quantitative estimate of drug-likeness (QED) is 0.851. The van der Waals surface area contributed by atoms with Crippen LogP contribution in [0.1, 0.15) is 0 Å². The molecule has 1 aliphatic rings. The zero-order valence-corrected chi connectivity index (χ0v) is 12.0. The number of anilines is 1. The smallest absolute Gasteiger partial charge is 0.0877 e. The minimum Gasteiger partial charge on any atom is -0.373 e. The Hall–Kier alpha value is -0.580. The van der Waals surface area contributed by atoms with E-state index in [0.717, 1.165) is 30.7 Å². The molecule has 1 aliphatic heterocycles. The molecule has 1 unspecified atom stereocenters. The van der Waals surface area contributed by atoms with Crippen LogP contribution in [0.5, 0.6) is 0 Å². The van der Waals surface area contributed by atoms with Gasteiger partial charge in [-0.05, 0) is 38.4 Å². The second-order valence-corrected chi connectivity index (χ2v) is 5.59. The Bertz CT molecular complexity index is 353. The molecule has 4 heteroatoms. The highest BCUT2D eigenvalue weighted by molar-refractivity contribution is 9.10. The molecule has 1 fully saturated rings. The minimum atomic E-state index is 0.308. The van der Waals surface area contributed by atoms with Crippen molar-refractivity contribution in [2.24, 2.45) is 0 Å². The van der Waals surface area contributed by atoms with Gasteiger partial charge in [0, 0.05) is 29.8 Å². The van der Waals surface area contributed by atoms with Gasteiger partial charge in [0.25, 0.3) is 0 Å². The van der Waals surface area contributed by atoms with Gasteiger partial charge in [-0.3, -0.25) is 0 Å². The first-order valence-corrected chi connectivity index (χ1v) is 6.71. The standard InChI is InChI=1S/C13H19BrN2O/c1-15(2)9-13-10-16(7-8-17-13)12-5-3-11(14)4-6-12/h3-6,13H,7-10H2,1-2H3. The summed E-state index contributed by atoms with van der Waals surface area (Å²) in [6.07, 6.45) is 0.308. The molecular formula is C13H19BrN2O. The minimum absolute atomic E-state index is 0.308. The first-order valence-electron chi connectivity index (χ1n) is 5.92. The van der Waals surface area contributed by atoms with Crippen LogP contribution in [-0.2, 0) is 4.74 Å². The van der Waals surface area contributed by atoms with Gasteiger partial charge in [-0.25, -0.2) is 0 Å². The average Bonchev–Trinajstić information content (AvgIpc) is 2.29. The predicted molar refractivity (Wildman–Crippen MR) is 74.6 cm³/mol. The van der Waals surface area contributed by atoms with E-state index in [9.17, 15) is 0 Å². The van der Waals surface area contributed by atoms with Crippen molar-refractivity contribution < 1.29 is 4.74 Å². The molecular weight excluding hydrogens is 280 g/mol. The Kier molecular flexibility index (Phi) is 4.42. The Balaban J connectivity index is 1.99. The summed E-state index contributed by atoms with van der Waals surface area (Å²) in [6.45, 7) is 3.74. The van der Waals surface area contributed by atoms with Gasteiger partial charge >= 0.3 is 0 Å². The Labute approximate surface area is 111 Å². The molecule has 0 aromatic heterocycles. The maximum absolute atomic E-state index is 5.77. The number of rotatable bonds is 3. The lowest BCUT2D eigenvalue weighted by Gasteiger charge is -2.35. The molecule has 1 aromatic carbocycles. The zero-order valence-electron chi connectivity index (χ0n) is 10.4. The van der Waals surface area contributed by atoms with Gasteiger partial charge < -0.3 is 14.5 Å². The molecule has 1 saturated heterocycles. The summed E-state index contributed by atoms with van der Waals surface area (Å²) in [7, 11) is 4.17. The first-order chi connectivity index (χ1) is 8.15. The van der Waals surface area contributed by atoms with Crippen molar-refractivity contribution in [2.75, 3.05) is 45.2 Å². The average molecular weight is 299 g/mol. The van der Waals surface area contributed by atoms with Crippen LogP contribution in [0.25, 0.3) is 0 Å². The van der Waals surface area contributed by atoms with Gasteiger partial charge in [-0.1, -0.05) is 15.9 Å². The first kappa shape index (κ1) is 12.9. The van der Waals surface area contributed by atoms with Crippen LogP contribution in [0.4, 0.5) is 5.69 Å². The topological polar surface area (TPSA) is 15.7 Å². The van der Waals surface area contributed by atoms with E-state index in [2.05, 4.69) is 64.1 Å². The summed E-state index contributed by atoms with van der Waals surface area (Å²) >= 11 is 3.46. The van der Waals surface area contributed by atoms with E-state index >= 15 is 0 Å². The summed E-state index contributed by atoms with van der Waals surface area (Å²) in [4.78, 5) is 4.57. The van der Waals surface area contributed by atoms with Crippen molar-refractivity contribution in [1.29, 1.82) is 0 Å². The van der Waals surface area contributed by atoms with E-state index in [-0.39, 0.29) is 0 Å². The molecule has 0 saturated carbocycles. The van der Waals surface area contributed by atoms with E-state index in [1.54, 1.807) is 0 Å². The number of ether oxygens (including phenoxy) is 1. The molecule has 0 bridgehead atoms. The molecule has 1 aromatic rings. The van der Waals surface area contributed by atoms with E-state index in [4.69, 9.17) is 4.74 Å².